The fourth-order valence-corrected chi connectivity index (χ4v) is 2.56. The van der Waals surface area contributed by atoms with E-state index in [0.29, 0.717) is 5.82 Å². The van der Waals surface area contributed by atoms with E-state index in [4.69, 9.17) is 5.73 Å². The number of anilines is 1. The molecule has 3 nitrogen and oxygen atoms in total. The first kappa shape index (κ1) is 8.77. The monoisotopic (exact) mass is 257 g/mol. The van der Waals surface area contributed by atoms with E-state index in [0.717, 1.165) is 14.4 Å². The van der Waals surface area contributed by atoms with Crippen LogP contribution in [-0.2, 0) is 0 Å². The van der Waals surface area contributed by atoms with E-state index in [1.54, 1.807) is 11.3 Å². The Morgan fingerprint density at radius 1 is 1.54 bits per heavy atom. The Kier molecular flexibility index (Phi) is 2.13. The molecule has 0 atom stereocenters. The fourth-order valence-electron chi connectivity index (χ4n) is 1.06. The summed E-state index contributed by atoms with van der Waals surface area (Å²) in [5, 5.41) is 6.75. The maximum Gasteiger partial charge on any atom is 0.145 e. The predicted molar refractivity (Wildman–Crippen MR) is 58.8 cm³/mol. The maximum absolute atomic E-state index is 5.51. The highest BCUT2D eigenvalue weighted by molar-refractivity contribution is 9.11. The third kappa shape index (κ3) is 1.62. The highest BCUT2D eigenvalue weighted by Crippen LogP contribution is 2.33. The number of hydrogen-bond acceptors (Lipinski definition) is 3. The fraction of sp³-hybridized carbons (Fsp3) is 0.125. The van der Waals surface area contributed by atoms with Crippen molar-refractivity contribution in [1.29, 1.82) is 0 Å². The molecule has 2 aromatic heterocycles. The summed E-state index contributed by atoms with van der Waals surface area (Å²) < 4.78 is 1.15. The van der Waals surface area contributed by atoms with Crippen LogP contribution in [0.4, 0.5) is 5.82 Å². The van der Waals surface area contributed by atoms with Crippen molar-refractivity contribution in [3.63, 3.8) is 0 Å². The molecule has 0 spiro atoms. The number of nitrogen functional groups attached to an aromatic ring is 1. The second-order valence-electron chi connectivity index (χ2n) is 2.77. The van der Waals surface area contributed by atoms with Gasteiger partial charge in [-0.25, -0.2) is 0 Å². The highest BCUT2D eigenvalue weighted by Gasteiger charge is 2.06. The molecule has 68 valence electrons. The second-order valence-corrected chi connectivity index (χ2v) is 5.14. The number of aryl methyl sites for hydroxylation is 1. The molecule has 13 heavy (non-hydrogen) atoms. The van der Waals surface area contributed by atoms with Crippen LogP contribution >= 0.6 is 27.3 Å². The van der Waals surface area contributed by atoms with Gasteiger partial charge in [0.15, 0.2) is 0 Å². The average Bonchev–Trinajstić information content (AvgIpc) is 2.61. The molecule has 2 rings (SSSR count). The van der Waals surface area contributed by atoms with E-state index < -0.39 is 0 Å². The van der Waals surface area contributed by atoms with Crippen LogP contribution in [0.25, 0.3) is 10.6 Å². The summed E-state index contributed by atoms with van der Waals surface area (Å²) in [4.78, 5) is 1.15. The summed E-state index contributed by atoms with van der Waals surface area (Å²) in [6, 6.07) is 3.93. The summed E-state index contributed by atoms with van der Waals surface area (Å²) >= 11 is 5.14. The number of halogens is 1. The maximum atomic E-state index is 5.51. The number of thiophene rings is 1. The molecule has 0 saturated carbocycles. The first-order valence-corrected chi connectivity index (χ1v) is 5.35. The number of nitrogens with two attached hydrogens (primary N) is 1. The van der Waals surface area contributed by atoms with Gasteiger partial charge in [-0.1, -0.05) is 0 Å². The smallest absolute Gasteiger partial charge is 0.145 e. The number of nitrogens with zero attached hydrogens (tertiary/aromatic N) is 1. The number of hydrogen-bond donors (Lipinski definition) is 2. The lowest BCUT2D eigenvalue weighted by Crippen LogP contribution is -1.81. The van der Waals surface area contributed by atoms with Crippen molar-refractivity contribution >= 4 is 33.1 Å². The molecule has 3 N–H and O–H groups in total. The molecule has 0 aliphatic carbocycles. The van der Waals surface area contributed by atoms with Gasteiger partial charge < -0.3 is 5.73 Å². The van der Waals surface area contributed by atoms with E-state index in [-0.39, 0.29) is 0 Å². The molecular weight excluding hydrogens is 250 g/mol. The van der Waals surface area contributed by atoms with Crippen LogP contribution in [0.2, 0.25) is 0 Å². The van der Waals surface area contributed by atoms with Crippen molar-refractivity contribution in [3.05, 3.63) is 21.5 Å². The molecule has 0 radical (unpaired) electrons. The molecule has 0 unspecified atom stereocenters. The molecule has 0 aliphatic heterocycles. The Hall–Kier alpha value is -0.810. The molecule has 2 heterocycles. The Morgan fingerprint density at radius 2 is 2.31 bits per heavy atom. The molecule has 2 aromatic rings. The van der Waals surface area contributed by atoms with Crippen LogP contribution in [0.1, 0.15) is 5.56 Å². The van der Waals surface area contributed by atoms with Crippen LogP contribution in [0.3, 0.4) is 0 Å². The quantitative estimate of drug-likeness (QED) is 0.826. The van der Waals surface area contributed by atoms with Gasteiger partial charge in [-0.3, -0.25) is 5.10 Å². The molecule has 0 amide bonds. The Morgan fingerprint density at radius 3 is 2.77 bits per heavy atom. The van der Waals surface area contributed by atoms with Gasteiger partial charge in [-0.2, -0.15) is 5.10 Å². The second kappa shape index (κ2) is 3.16. The van der Waals surface area contributed by atoms with Gasteiger partial charge in [-0.15, -0.1) is 11.3 Å². The standard InChI is InChI=1S/C8H8BrN3S/c1-4-2-6(13-8(4)9)5-3-7(10)12-11-5/h2-3H,1H3,(H3,10,11,12). The van der Waals surface area contributed by atoms with E-state index >= 15 is 0 Å². The summed E-state index contributed by atoms with van der Waals surface area (Å²) in [5.41, 5.74) is 7.71. The molecule has 0 fully saturated rings. The number of H-pyrrole nitrogens is 1. The first-order valence-electron chi connectivity index (χ1n) is 3.74. The SMILES string of the molecule is Cc1cc(-c2cc(N)n[nH]2)sc1Br. The van der Waals surface area contributed by atoms with Crippen LogP contribution in [0.5, 0.6) is 0 Å². The van der Waals surface area contributed by atoms with Crippen molar-refractivity contribution < 1.29 is 0 Å². The molecule has 0 aliphatic rings. The molecule has 0 aromatic carbocycles. The van der Waals surface area contributed by atoms with Gasteiger partial charge in [0.2, 0.25) is 0 Å². The van der Waals surface area contributed by atoms with Gasteiger partial charge in [0, 0.05) is 6.07 Å². The highest BCUT2D eigenvalue weighted by atomic mass is 79.9. The zero-order valence-corrected chi connectivity index (χ0v) is 9.37. The summed E-state index contributed by atoms with van der Waals surface area (Å²) in [7, 11) is 0. The van der Waals surface area contributed by atoms with Crippen molar-refractivity contribution in [2.45, 2.75) is 6.92 Å². The van der Waals surface area contributed by atoms with E-state index in [2.05, 4.69) is 39.1 Å². The normalized spacial score (nSPS) is 10.6. The molecular formula is C8H8BrN3S. The lowest BCUT2D eigenvalue weighted by Gasteiger charge is -1.86. The zero-order valence-electron chi connectivity index (χ0n) is 6.97. The largest absolute Gasteiger partial charge is 0.382 e. The van der Waals surface area contributed by atoms with Gasteiger partial charge in [0.1, 0.15) is 5.82 Å². The minimum atomic E-state index is 0.525. The van der Waals surface area contributed by atoms with Crippen LogP contribution in [0, 0.1) is 6.92 Å². The lowest BCUT2D eigenvalue weighted by molar-refractivity contribution is 1.11. The third-order valence-corrected chi connectivity index (χ3v) is 3.89. The number of rotatable bonds is 1. The first-order chi connectivity index (χ1) is 6.16. The average molecular weight is 258 g/mol. The molecule has 0 bridgehead atoms. The molecule has 0 saturated heterocycles. The summed E-state index contributed by atoms with van der Waals surface area (Å²) in [6.07, 6.45) is 0. The molecule has 5 heteroatoms. The topological polar surface area (TPSA) is 54.7 Å². The Labute approximate surface area is 88.1 Å². The van der Waals surface area contributed by atoms with E-state index in [9.17, 15) is 0 Å². The van der Waals surface area contributed by atoms with Crippen LogP contribution in [0.15, 0.2) is 15.9 Å². The Balaban J connectivity index is 2.46. The summed E-state index contributed by atoms with van der Waals surface area (Å²) in [5.74, 6) is 0.525. The number of aromatic nitrogens is 2. The zero-order chi connectivity index (χ0) is 9.42. The third-order valence-electron chi connectivity index (χ3n) is 1.72. The van der Waals surface area contributed by atoms with E-state index in [1.165, 1.54) is 5.56 Å². The Bertz CT molecular complexity index is 413. The van der Waals surface area contributed by atoms with Crippen LogP contribution in [-0.4, -0.2) is 10.2 Å². The van der Waals surface area contributed by atoms with Crippen molar-refractivity contribution in [2.75, 3.05) is 5.73 Å². The number of aromatic amines is 1. The van der Waals surface area contributed by atoms with Gasteiger partial charge >= 0.3 is 0 Å². The summed E-state index contributed by atoms with van der Waals surface area (Å²) in [6.45, 7) is 2.06. The van der Waals surface area contributed by atoms with Gasteiger partial charge in [0.05, 0.1) is 14.4 Å². The minimum absolute atomic E-state index is 0.525. The van der Waals surface area contributed by atoms with Crippen molar-refractivity contribution in [1.82, 2.24) is 10.2 Å². The number of nitrogens with one attached hydrogen (secondary N) is 1. The van der Waals surface area contributed by atoms with Crippen LogP contribution < -0.4 is 5.73 Å². The van der Waals surface area contributed by atoms with Gasteiger partial charge in [-0.05, 0) is 34.5 Å². The van der Waals surface area contributed by atoms with Gasteiger partial charge in [0.25, 0.3) is 0 Å². The van der Waals surface area contributed by atoms with E-state index in [1.807, 2.05) is 6.07 Å². The van der Waals surface area contributed by atoms with Crippen molar-refractivity contribution in [2.24, 2.45) is 0 Å². The predicted octanol–water partition coefficient (Wildman–Crippen LogP) is 2.79. The minimum Gasteiger partial charge on any atom is -0.382 e. The van der Waals surface area contributed by atoms with Crippen molar-refractivity contribution in [3.8, 4) is 10.6 Å². The lowest BCUT2D eigenvalue weighted by atomic mass is 10.3.